The summed E-state index contributed by atoms with van der Waals surface area (Å²) in [5.41, 5.74) is 26.0. The van der Waals surface area contributed by atoms with Crippen LogP contribution in [0.2, 0.25) is 0 Å². The zero-order valence-corrected chi connectivity index (χ0v) is 48.4. The molecule has 1 heterocycles. The van der Waals surface area contributed by atoms with Gasteiger partial charge in [-0.25, -0.2) is 0 Å². The minimum Gasteiger partial charge on any atom is -0.311 e. The Morgan fingerprint density at radius 1 is 0.182 bits per heavy atom. The van der Waals surface area contributed by atoms with Gasteiger partial charge in [-0.1, -0.05) is 279 Å². The van der Waals surface area contributed by atoms with E-state index in [-0.39, 0.29) is 0 Å². The van der Waals surface area contributed by atoms with Crippen molar-refractivity contribution in [3.8, 4) is 94.7 Å². The summed E-state index contributed by atoms with van der Waals surface area (Å²) in [5, 5.41) is 7.38. The summed E-state index contributed by atoms with van der Waals surface area (Å²) >= 11 is 0. The molecule has 0 aliphatic heterocycles. The Balaban J connectivity index is 0.754. The van der Waals surface area contributed by atoms with Crippen LogP contribution in [-0.4, -0.2) is 4.57 Å². The highest BCUT2D eigenvalue weighted by atomic mass is 15.1. The van der Waals surface area contributed by atoms with Crippen molar-refractivity contribution in [3.63, 3.8) is 0 Å². The van der Waals surface area contributed by atoms with Crippen LogP contribution in [0, 0.1) is 0 Å². The highest BCUT2D eigenvalue weighted by Gasteiger charge is 2.22. The van der Waals surface area contributed by atoms with Gasteiger partial charge in [-0.2, -0.15) is 0 Å². The lowest BCUT2D eigenvalue weighted by Crippen LogP contribution is -2.10. The maximum Gasteiger partial charge on any atom is 0.0541 e. The summed E-state index contributed by atoms with van der Waals surface area (Å²) in [7, 11) is 0. The van der Waals surface area contributed by atoms with Crippen molar-refractivity contribution >= 4 is 60.4 Å². The van der Waals surface area contributed by atoms with Crippen LogP contribution in [0.3, 0.4) is 0 Å². The Morgan fingerprint density at radius 3 is 0.909 bits per heavy atom. The van der Waals surface area contributed by atoms with Crippen molar-refractivity contribution in [2.24, 2.45) is 0 Å². The molecule has 88 heavy (non-hydrogen) atoms. The summed E-state index contributed by atoms with van der Waals surface area (Å²) in [6.07, 6.45) is 0. The van der Waals surface area contributed by atoms with E-state index in [0.717, 1.165) is 39.3 Å². The van der Waals surface area contributed by atoms with Gasteiger partial charge in [-0.15, -0.1) is 0 Å². The molecule has 16 rings (SSSR count). The highest BCUT2D eigenvalue weighted by molar-refractivity contribution is 6.22. The smallest absolute Gasteiger partial charge is 0.0541 e. The van der Waals surface area contributed by atoms with Gasteiger partial charge in [-0.05, 0) is 183 Å². The molecule has 15 aromatic carbocycles. The molecule has 2 nitrogen and oxygen atoms in total. The Bertz CT molecular complexity index is 5010. The van der Waals surface area contributed by atoms with Crippen molar-refractivity contribution in [3.05, 3.63) is 352 Å². The van der Waals surface area contributed by atoms with Crippen molar-refractivity contribution in [1.82, 2.24) is 4.57 Å². The molecule has 412 valence electrons. The molecular formula is C86H58N2. The highest BCUT2D eigenvalue weighted by Crippen LogP contribution is 2.48. The van der Waals surface area contributed by atoms with Gasteiger partial charge in [0.1, 0.15) is 0 Å². The molecule has 0 spiro atoms. The normalized spacial score (nSPS) is 11.4. The third kappa shape index (κ3) is 9.32. The van der Waals surface area contributed by atoms with E-state index in [2.05, 4.69) is 361 Å². The molecule has 0 atom stereocenters. The molecule has 0 saturated carbocycles. The van der Waals surface area contributed by atoms with Crippen molar-refractivity contribution < 1.29 is 0 Å². The summed E-state index contributed by atoms with van der Waals surface area (Å²) in [6.45, 7) is 0. The van der Waals surface area contributed by atoms with E-state index in [1.807, 2.05) is 0 Å². The van der Waals surface area contributed by atoms with E-state index < -0.39 is 0 Å². The van der Waals surface area contributed by atoms with Crippen LogP contribution in [0.1, 0.15) is 0 Å². The fourth-order valence-corrected chi connectivity index (χ4v) is 13.6. The molecule has 0 aliphatic rings. The average Bonchev–Trinajstić information content (AvgIpc) is 1.45. The Labute approximate surface area is 513 Å². The van der Waals surface area contributed by atoms with Gasteiger partial charge >= 0.3 is 0 Å². The first-order valence-electron chi connectivity index (χ1n) is 30.3. The third-order valence-electron chi connectivity index (χ3n) is 17.6. The predicted molar refractivity (Wildman–Crippen MR) is 374 cm³/mol. The number of rotatable bonds is 12. The molecule has 1 aromatic heterocycles. The number of para-hydroxylation sites is 1. The molecule has 0 unspecified atom stereocenters. The quantitative estimate of drug-likeness (QED) is 0.111. The first-order chi connectivity index (χ1) is 43.7. The molecule has 0 saturated heterocycles. The molecular weight excluding hydrogens is 1060 g/mol. The first-order valence-corrected chi connectivity index (χ1v) is 30.3. The first kappa shape index (κ1) is 52.0. The molecule has 0 bridgehead atoms. The van der Waals surface area contributed by atoms with Gasteiger partial charge in [-0.3, -0.25) is 0 Å². The minimum atomic E-state index is 1.07. The van der Waals surface area contributed by atoms with Crippen LogP contribution in [0.4, 0.5) is 17.1 Å². The maximum atomic E-state index is 2.44. The fraction of sp³-hybridized carbons (Fsp3) is 0. The number of fused-ring (bicyclic) bond motifs is 5. The molecule has 0 radical (unpaired) electrons. The van der Waals surface area contributed by atoms with Crippen LogP contribution in [-0.2, 0) is 0 Å². The second-order valence-corrected chi connectivity index (χ2v) is 22.7. The second kappa shape index (κ2) is 22.4. The molecule has 0 aliphatic carbocycles. The summed E-state index contributed by atoms with van der Waals surface area (Å²) < 4.78 is 2.44. The Kier molecular flexibility index (Phi) is 13.3. The standard InChI is InChI=1S/C86H58N2/c1-5-23-61(24-6-1)71-31-13-15-34-74(71)65-47-55-83-81(57-65)82-58-66(75-35-16-14-32-72(75)62-25-7-2-8-26-62)48-56-84(82)88(83)70-53-51-69(52-54-70)87(67-29-11-4-12-30-67)68-49-45-60(46-50-68)59-41-43-64(44-42-59)85-77-37-19-21-39-79(77)86(80-40-22-20-38-78(80)85)76-36-18-17-33-73(76)63-27-9-3-10-28-63/h1-58H. The van der Waals surface area contributed by atoms with E-state index in [1.54, 1.807) is 0 Å². The molecule has 0 fully saturated rings. The van der Waals surface area contributed by atoms with Crippen LogP contribution in [0.25, 0.3) is 138 Å². The zero-order chi connectivity index (χ0) is 58.3. The van der Waals surface area contributed by atoms with Gasteiger partial charge < -0.3 is 9.47 Å². The molecule has 2 heteroatoms. The van der Waals surface area contributed by atoms with E-state index in [9.17, 15) is 0 Å². The van der Waals surface area contributed by atoms with E-state index in [4.69, 9.17) is 0 Å². The van der Waals surface area contributed by atoms with E-state index in [1.165, 1.54) is 116 Å². The number of anilines is 3. The lowest BCUT2D eigenvalue weighted by Gasteiger charge is -2.26. The maximum absolute atomic E-state index is 2.44. The number of hydrogen-bond donors (Lipinski definition) is 0. The van der Waals surface area contributed by atoms with Gasteiger partial charge in [0, 0.05) is 33.5 Å². The number of hydrogen-bond acceptors (Lipinski definition) is 1. The van der Waals surface area contributed by atoms with Crippen molar-refractivity contribution in [2.75, 3.05) is 4.90 Å². The van der Waals surface area contributed by atoms with Crippen molar-refractivity contribution in [1.29, 1.82) is 0 Å². The zero-order valence-electron chi connectivity index (χ0n) is 48.4. The van der Waals surface area contributed by atoms with Crippen molar-refractivity contribution in [2.45, 2.75) is 0 Å². The Hall–Kier alpha value is -11.6. The minimum absolute atomic E-state index is 1.07. The summed E-state index contributed by atoms with van der Waals surface area (Å²) in [6, 6.07) is 129. The largest absolute Gasteiger partial charge is 0.311 e. The topological polar surface area (TPSA) is 8.17 Å². The van der Waals surface area contributed by atoms with Crippen LogP contribution in [0.5, 0.6) is 0 Å². The molecule has 0 N–H and O–H groups in total. The van der Waals surface area contributed by atoms with Crippen LogP contribution >= 0.6 is 0 Å². The predicted octanol–water partition coefficient (Wildman–Crippen LogP) is 23.9. The van der Waals surface area contributed by atoms with Gasteiger partial charge in [0.05, 0.1) is 11.0 Å². The van der Waals surface area contributed by atoms with Crippen LogP contribution < -0.4 is 4.90 Å². The monoisotopic (exact) mass is 1120 g/mol. The van der Waals surface area contributed by atoms with E-state index in [0.29, 0.717) is 0 Å². The van der Waals surface area contributed by atoms with E-state index >= 15 is 0 Å². The molecule has 0 amide bonds. The second-order valence-electron chi connectivity index (χ2n) is 22.7. The summed E-state index contributed by atoms with van der Waals surface area (Å²) in [5.74, 6) is 0. The third-order valence-corrected chi connectivity index (χ3v) is 17.6. The number of aromatic nitrogens is 1. The lowest BCUT2D eigenvalue weighted by molar-refractivity contribution is 1.17. The Morgan fingerprint density at radius 2 is 0.477 bits per heavy atom. The average molecular weight is 1120 g/mol. The van der Waals surface area contributed by atoms with Gasteiger partial charge in [0.15, 0.2) is 0 Å². The summed E-state index contributed by atoms with van der Waals surface area (Å²) in [4.78, 5) is 2.35. The van der Waals surface area contributed by atoms with Gasteiger partial charge in [0.25, 0.3) is 0 Å². The number of benzene rings is 15. The van der Waals surface area contributed by atoms with Crippen LogP contribution in [0.15, 0.2) is 352 Å². The van der Waals surface area contributed by atoms with Gasteiger partial charge in [0.2, 0.25) is 0 Å². The number of nitrogens with zero attached hydrogens (tertiary/aromatic N) is 2. The fourth-order valence-electron chi connectivity index (χ4n) is 13.6. The molecule has 16 aromatic rings. The lowest BCUT2D eigenvalue weighted by atomic mass is 9.83. The SMILES string of the molecule is c1ccc(-c2ccccc2-c2ccc3c(c2)c2cc(-c4ccccc4-c4ccccc4)ccc2n3-c2ccc(N(c3ccccc3)c3ccc(-c4ccc(-c5c6ccccc6c(-c6ccccc6-c6ccccc6)c6ccccc56)cc4)cc3)cc2)cc1.